The second kappa shape index (κ2) is 8.82. The first-order valence-corrected chi connectivity index (χ1v) is 5.81. The van der Waals surface area contributed by atoms with Crippen LogP contribution >= 0.6 is 24.8 Å². The summed E-state index contributed by atoms with van der Waals surface area (Å²) in [6.45, 7) is 11.2. The number of nitrogens with zero attached hydrogens (tertiary/aromatic N) is 1. The molecule has 0 saturated carbocycles. The maximum absolute atomic E-state index is 3.66. The second-order valence-electron chi connectivity index (χ2n) is 5.09. The van der Waals surface area contributed by atoms with E-state index < -0.39 is 0 Å². The van der Waals surface area contributed by atoms with E-state index in [1.807, 2.05) is 0 Å². The van der Waals surface area contributed by atoms with E-state index in [0.717, 1.165) is 6.42 Å². The Labute approximate surface area is 140 Å². The van der Waals surface area contributed by atoms with Crippen molar-refractivity contribution in [2.75, 3.05) is 14.1 Å². The van der Waals surface area contributed by atoms with Crippen molar-refractivity contribution in [2.45, 2.75) is 47.1 Å². The van der Waals surface area contributed by atoms with Gasteiger partial charge >= 0.3 is 0 Å². The van der Waals surface area contributed by atoms with E-state index in [4.69, 9.17) is 0 Å². The van der Waals surface area contributed by atoms with Crippen molar-refractivity contribution in [3.63, 3.8) is 0 Å². The molecular weight excluding hydrogens is 301 g/mol. The third-order valence-electron chi connectivity index (χ3n) is 4.03. The van der Waals surface area contributed by atoms with E-state index in [2.05, 4.69) is 59.7 Å². The summed E-state index contributed by atoms with van der Waals surface area (Å²) in [4.78, 5) is 2.32. The molecule has 0 fully saturated rings. The summed E-state index contributed by atoms with van der Waals surface area (Å²) in [5.74, 6) is 0. The molecule has 1 aliphatic carbocycles. The Morgan fingerprint density at radius 1 is 1.17 bits per heavy atom. The summed E-state index contributed by atoms with van der Waals surface area (Å²) in [7, 11) is 4.33. The maximum atomic E-state index is 3.66. The van der Waals surface area contributed by atoms with Crippen molar-refractivity contribution in [1.29, 1.82) is 0 Å². The molecule has 0 aliphatic heterocycles. The van der Waals surface area contributed by atoms with Crippen molar-refractivity contribution in [2.24, 2.45) is 5.41 Å². The third kappa shape index (κ3) is 4.11. The summed E-state index contributed by atoms with van der Waals surface area (Å²) in [6.07, 6.45) is 4.82. The molecule has 4 heteroatoms. The molecular formula is C14H26Cl2NTi-. The van der Waals surface area contributed by atoms with Crippen LogP contribution in [0.2, 0.25) is 0 Å². The van der Waals surface area contributed by atoms with Crippen molar-refractivity contribution in [1.82, 2.24) is 4.90 Å². The van der Waals surface area contributed by atoms with Gasteiger partial charge in [-0.2, -0.15) is 11.1 Å². The van der Waals surface area contributed by atoms with Crippen LogP contribution in [0.1, 0.15) is 41.0 Å². The minimum atomic E-state index is 0. The van der Waals surface area contributed by atoms with Crippen LogP contribution in [-0.4, -0.2) is 25.0 Å². The molecule has 2 unspecified atom stereocenters. The monoisotopic (exact) mass is 326 g/mol. The van der Waals surface area contributed by atoms with E-state index in [-0.39, 0.29) is 51.9 Å². The fourth-order valence-corrected chi connectivity index (χ4v) is 2.87. The van der Waals surface area contributed by atoms with Crippen molar-refractivity contribution >= 4 is 24.8 Å². The van der Waals surface area contributed by atoms with Gasteiger partial charge in [0.1, 0.15) is 0 Å². The fourth-order valence-electron chi connectivity index (χ4n) is 2.87. The smallest absolute Gasteiger partial charge is 0.00366 e. The molecule has 1 nitrogen and oxygen atoms in total. The number of hydrogen-bond donors (Lipinski definition) is 0. The van der Waals surface area contributed by atoms with Crippen LogP contribution in [0.15, 0.2) is 16.7 Å². The molecule has 0 radical (unpaired) electrons. The standard InChI is InChI=1S/C14H24N.2ClH.Ti/c1-8-13(15(6)7)14(5)9-10(2)11(3)12(14)4;;;/h13H,8H2,1-7H3;2*1H;/q-1;;;. The van der Waals surface area contributed by atoms with E-state index >= 15 is 0 Å². The van der Waals surface area contributed by atoms with Gasteiger partial charge in [0.2, 0.25) is 0 Å². The molecule has 0 saturated heterocycles. The van der Waals surface area contributed by atoms with Gasteiger partial charge in [-0.3, -0.25) is 6.08 Å². The van der Waals surface area contributed by atoms with Crippen LogP contribution in [0, 0.1) is 11.5 Å². The Morgan fingerprint density at radius 2 is 1.61 bits per heavy atom. The number of rotatable bonds is 3. The minimum Gasteiger partial charge on any atom is -0.307 e. The van der Waals surface area contributed by atoms with Gasteiger partial charge < -0.3 is 4.90 Å². The summed E-state index contributed by atoms with van der Waals surface area (Å²) in [5, 5.41) is 0. The first-order chi connectivity index (χ1) is 6.84. The molecule has 0 heterocycles. The zero-order valence-corrected chi connectivity index (χ0v) is 15.7. The predicted octanol–water partition coefficient (Wildman–Crippen LogP) is 4.27. The van der Waals surface area contributed by atoms with Crippen molar-refractivity contribution < 1.29 is 21.7 Å². The van der Waals surface area contributed by atoms with Crippen LogP contribution in [0.25, 0.3) is 0 Å². The predicted molar refractivity (Wildman–Crippen MR) is 81.2 cm³/mol. The Balaban J connectivity index is -0.000000750. The fraction of sp³-hybridized carbons (Fsp3) is 0.714. The van der Waals surface area contributed by atoms with Crippen LogP contribution in [-0.2, 0) is 21.7 Å². The SMILES string of the molecule is CCC(N(C)C)C1(C)[C-]=C(C)C(C)=C1C.Cl.Cl.[Ti]. The Morgan fingerprint density at radius 3 is 1.83 bits per heavy atom. The molecule has 0 spiro atoms. The zero-order valence-electron chi connectivity index (χ0n) is 12.5. The molecule has 0 aromatic carbocycles. The average Bonchev–Trinajstić information content (AvgIpc) is 2.31. The van der Waals surface area contributed by atoms with E-state index in [9.17, 15) is 0 Å². The Hall–Kier alpha value is 0.734. The van der Waals surface area contributed by atoms with Gasteiger partial charge in [0, 0.05) is 27.8 Å². The summed E-state index contributed by atoms with van der Waals surface area (Å²) >= 11 is 0. The van der Waals surface area contributed by atoms with Crippen LogP contribution in [0.3, 0.4) is 0 Å². The Kier molecular flexibility index (Phi) is 11.7. The van der Waals surface area contributed by atoms with Gasteiger partial charge in [-0.15, -0.1) is 31.7 Å². The third-order valence-corrected chi connectivity index (χ3v) is 4.03. The number of allylic oxidation sites excluding steroid dienone is 2. The minimum absolute atomic E-state index is 0. The molecule has 1 rings (SSSR count). The average molecular weight is 327 g/mol. The molecule has 0 aromatic heterocycles. The normalized spacial score (nSPS) is 23.9. The van der Waals surface area contributed by atoms with Crippen LogP contribution < -0.4 is 0 Å². The van der Waals surface area contributed by atoms with Gasteiger partial charge in [0.25, 0.3) is 0 Å². The van der Waals surface area contributed by atoms with Gasteiger partial charge in [0.15, 0.2) is 0 Å². The molecule has 0 aromatic rings. The molecule has 1 aliphatic rings. The number of hydrogen-bond acceptors (Lipinski definition) is 1. The van der Waals surface area contributed by atoms with E-state index in [1.54, 1.807) is 0 Å². The summed E-state index contributed by atoms with van der Waals surface area (Å²) < 4.78 is 0. The molecule has 0 bridgehead atoms. The van der Waals surface area contributed by atoms with Gasteiger partial charge in [-0.05, 0) is 20.5 Å². The molecule has 106 valence electrons. The summed E-state index contributed by atoms with van der Waals surface area (Å²) in [6, 6.07) is 0.546. The van der Waals surface area contributed by atoms with E-state index in [0.29, 0.717) is 6.04 Å². The first-order valence-electron chi connectivity index (χ1n) is 5.81. The summed E-state index contributed by atoms with van der Waals surface area (Å²) in [5.41, 5.74) is 4.35. The van der Waals surface area contributed by atoms with Crippen molar-refractivity contribution in [3.05, 3.63) is 22.8 Å². The maximum Gasteiger partial charge on any atom is 0.00366 e. The quantitative estimate of drug-likeness (QED) is 0.553. The molecule has 0 N–H and O–H groups in total. The second-order valence-corrected chi connectivity index (χ2v) is 5.09. The molecule has 2 atom stereocenters. The first kappa shape index (κ1) is 23.8. The molecule has 0 amide bonds. The van der Waals surface area contributed by atoms with Crippen LogP contribution in [0.4, 0.5) is 0 Å². The largest absolute Gasteiger partial charge is 0.307 e. The topological polar surface area (TPSA) is 3.24 Å². The van der Waals surface area contributed by atoms with Gasteiger partial charge in [-0.1, -0.05) is 33.1 Å². The molecule has 18 heavy (non-hydrogen) atoms. The van der Waals surface area contributed by atoms with Crippen molar-refractivity contribution in [3.8, 4) is 0 Å². The van der Waals surface area contributed by atoms with Crippen LogP contribution in [0.5, 0.6) is 0 Å². The Bertz CT molecular complexity index is 324. The zero-order chi connectivity index (χ0) is 11.8. The number of halogens is 2. The van der Waals surface area contributed by atoms with E-state index in [1.165, 1.54) is 16.7 Å². The van der Waals surface area contributed by atoms with Gasteiger partial charge in [0.05, 0.1) is 0 Å². The van der Waals surface area contributed by atoms with Gasteiger partial charge in [-0.25, -0.2) is 5.57 Å².